The smallest absolute Gasteiger partial charge is 0.319 e. The van der Waals surface area contributed by atoms with Crippen LogP contribution in [0, 0.1) is 0 Å². The molecular weight excluding hydrogens is 402 g/mol. The van der Waals surface area contributed by atoms with Crippen molar-refractivity contribution < 1.29 is 9.59 Å². The van der Waals surface area contributed by atoms with E-state index >= 15 is 0 Å². The number of rotatable bonds is 5. The summed E-state index contributed by atoms with van der Waals surface area (Å²) in [6, 6.07) is 17.6. The van der Waals surface area contributed by atoms with Crippen LogP contribution in [0.4, 0.5) is 4.79 Å². The van der Waals surface area contributed by atoms with Gasteiger partial charge < -0.3 is 5.32 Å². The molecule has 164 valence electrons. The van der Waals surface area contributed by atoms with Crippen LogP contribution in [-0.2, 0) is 23.3 Å². The zero-order valence-electron chi connectivity index (χ0n) is 18.2. The predicted octanol–water partition coefficient (Wildman–Crippen LogP) is 3.44. The maximum Gasteiger partial charge on any atom is 0.326 e. The van der Waals surface area contributed by atoms with Crippen LogP contribution >= 0.6 is 0 Å². The number of fused-ring (bicyclic) bond motifs is 2. The fourth-order valence-electron chi connectivity index (χ4n) is 4.87. The Morgan fingerprint density at radius 3 is 2.69 bits per heavy atom. The highest BCUT2D eigenvalue weighted by Crippen LogP contribution is 2.39. The Bertz CT molecular complexity index is 1140. The summed E-state index contributed by atoms with van der Waals surface area (Å²) in [7, 11) is 1.91. The fourth-order valence-corrected chi connectivity index (χ4v) is 4.87. The van der Waals surface area contributed by atoms with Crippen LogP contribution in [0.3, 0.4) is 0 Å². The molecular formula is C25H27N5O2. The topological polar surface area (TPSA) is 70.5 Å². The Hall–Kier alpha value is -3.45. The number of hydrogen-bond acceptors (Lipinski definition) is 4. The number of nitrogens with zero attached hydrogens (tertiary/aromatic N) is 4. The van der Waals surface area contributed by atoms with E-state index < -0.39 is 5.54 Å². The van der Waals surface area contributed by atoms with Crippen LogP contribution < -0.4 is 5.32 Å². The number of amides is 3. The minimum absolute atomic E-state index is 0.149. The Balaban J connectivity index is 1.32. The second-order valence-electron chi connectivity index (χ2n) is 8.72. The Kier molecular flexibility index (Phi) is 5.27. The third kappa shape index (κ3) is 3.58. The maximum absolute atomic E-state index is 13.6. The van der Waals surface area contributed by atoms with Crippen molar-refractivity contribution in [3.05, 3.63) is 83.7 Å². The molecule has 2 heterocycles. The number of benzene rings is 2. The molecule has 5 rings (SSSR count). The van der Waals surface area contributed by atoms with E-state index in [2.05, 4.69) is 16.5 Å². The second kappa shape index (κ2) is 8.24. The number of aromatic nitrogens is 2. The molecule has 3 aromatic rings. The van der Waals surface area contributed by atoms with E-state index in [4.69, 9.17) is 0 Å². The quantitative estimate of drug-likeness (QED) is 0.631. The third-order valence-electron chi connectivity index (χ3n) is 6.39. The summed E-state index contributed by atoms with van der Waals surface area (Å²) in [6.45, 7) is 0.804. The number of urea groups is 1. The number of imide groups is 1. The standard InChI is InChI=1S/C25H27N5O2/c1-28(16-19-15-26-30(17-19)21-11-3-2-4-12-21)18-29-23(31)25(27-24(29)32)14-8-7-10-20-9-5-6-13-22(20)25/h2-6,9,11-13,15,17H,7-8,10,14,16,18H2,1H3,(H,27,32). The average Bonchev–Trinajstić information content (AvgIpc) is 3.30. The van der Waals surface area contributed by atoms with Crippen LogP contribution in [0.25, 0.3) is 5.69 Å². The first-order valence-corrected chi connectivity index (χ1v) is 11.1. The number of para-hydroxylation sites is 1. The molecule has 1 saturated heterocycles. The summed E-state index contributed by atoms with van der Waals surface area (Å²) in [5.41, 5.74) is 3.16. The summed E-state index contributed by atoms with van der Waals surface area (Å²) < 4.78 is 1.83. The molecule has 0 saturated carbocycles. The molecule has 1 N–H and O–H groups in total. The SMILES string of the molecule is CN(Cc1cnn(-c2ccccc2)c1)CN1C(=O)NC2(CCCCc3ccccc32)C1=O. The van der Waals surface area contributed by atoms with Crippen molar-refractivity contribution in [3.63, 3.8) is 0 Å². The molecule has 1 atom stereocenters. The molecule has 1 unspecified atom stereocenters. The van der Waals surface area contributed by atoms with Gasteiger partial charge in [-0.25, -0.2) is 14.4 Å². The monoisotopic (exact) mass is 429 g/mol. The van der Waals surface area contributed by atoms with Crippen LogP contribution in [0.5, 0.6) is 0 Å². The molecule has 0 bridgehead atoms. The fraction of sp³-hybridized carbons (Fsp3) is 0.320. The van der Waals surface area contributed by atoms with E-state index in [-0.39, 0.29) is 18.6 Å². The predicted molar refractivity (Wildman–Crippen MR) is 121 cm³/mol. The molecule has 32 heavy (non-hydrogen) atoms. The Morgan fingerprint density at radius 1 is 1.06 bits per heavy atom. The molecule has 2 aliphatic rings. The molecule has 1 aliphatic heterocycles. The van der Waals surface area contributed by atoms with Gasteiger partial charge in [0, 0.05) is 18.3 Å². The summed E-state index contributed by atoms with van der Waals surface area (Å²) in [5.74, 6) is -0.149. The summed E-state index contributed by atoms with van der Waals surface area (Å²) in [5, 5.41) is 7.49. The summed E-state index contributed by atoms with van der Waals surface area (Å²) >= 11 is 0. The van der Waals surface area contributed by atoms with Crippen molar-refractivity contribution >= 4 is 11.9 Å². The molecule has 2 aromatic carbocycles. The summed E-state index contributed by atoms with van der Waals surface area (Å²) in [6.07, 6.45) is 7.29. The molecule has 7 heteroatoms. The second-order valence-corrected chi connectivity index (χ2v) is 8.72. The zero-order valence-corrected chi connectivity index (χ0v) is 18.2. The van der Waals surface area contributed by atoms with E-state index in [1.165, 1.54) is 4.90 Å². The molecule has 3 amide bonds. The van der Waals surface area contributed by atoms with E-state index in [1.807, 2.05) is 77.6 Å². The Morgan fingerprint density at radius 2 is 1.84 bits per heavy atom. The van der Waals surface area contributed by atoms with Crippen molar-refractivity contribution in [3.8, 4) is 5.69 Å². The van der Waals surface area contributed by atoms with Gasteiger partial charge in [0.1, 0.15) is 5.54 Å². The first-order valence-electron chi connectivity index (χ1n) is 11.1. The first kappa shape index (κ1) is 20.5. The van der Waals surface area contributed by atoms with Gasteiger partial charge in [-0.2, -0.15) is 5.10 Å². The summed E-state index contributed by atoms with van der Waals surface area (Å²) in [4.78, 5) is 29.8. The van der Waals surface area contributed by atoms with Gasteiger partial charge >= 0.3 is 6.03 Å². The van der Waals surface area contributed by atoms with Crippen molar-refractivity contribution in [2.75, 3.05) is 13.7 Å². The lowest BCUT2D eigenvalue weighted by molar-refractivity contribution is -0.133. The molecule has 1 spiro atoms. The number of aryl methyl sites for hydroxylation is 1. The van der Waals surface area contributed by atoms with Gasteiger partial charge in [-0.05, 0) is 56.0 Å². The highest BCUT2D eigenvalue weighted by atomic mass is 16.2. The number of carbonyl (C=O) groups excluding carboxylic acids is 2. The molecule has 7 nitrogen and oxygen atoms in total. The number of carbonyl (C=O) groups is 2. The van der Waals surface area contributed by atoms with Crippen LogP contribution in [0.15, 0.2) is 67.0 Å². The van der Waals surface area contributed by atoms with Gasteiger partial charge in [0.15, 0.2) is 0 Å². The minimum Gasteiger partial charge on any atom is -0.319 e. The van der Waals surface area contributed by atoms with Crippen molar-refractivity contribution in [1.29, 1.82) is 0 Å². The van der Waals surface area contributed by atoms with Crippen molar-refractivity contribution in [2.45, 2.75) is 37.8 Å². The van der Waals surface area contributed by atoms with Gasteiger partial charge in [-0.3, -0.25) is 9.69 Å². The van der Waals surface area contributed by atoms with Gasteiger partial charge in [0.2, 0.25) is 0 Å². The highest BCUT2D eigenvalue weighted by molar-refractivity contribution is 6.07. The van der Waals surface area contributed by atoms with E-state index in [0.717, 1.165) is 41.6 Å². The normalized spacial score (nSPS) is 20.5. The van der Waals surface area contributed by atoms with Gasteiger partial charge in [0.05, 0.1) is 18.6 Å². The zero-order chi connectivity index (χ0) is 22.1. The van der Waals surface area contributed by atoms with E-state index in [1.54, 1.807) is 0 Å². The molecule has 1 fully saturated rings. The van der Waals surface area contributed by atoms with Crippen LogP contribution in [0.2, 0.25) is 0 Å². The van der Waals surface area contributed by atoms with Gasteiger partial charge in [-0.15, -0.1) is 0 Å². The van der Waals surface area contributed by atoms with E-state index in [0.29, 0.717) is 13.0 Å². The Labute approximate surface area is 187 Å². The first-order chi connectivity index (χ1) is 15.6. The van der Waals surface area contributed by atoms with Crippen molar-refractivity contribution in [1.82, 2.24) is 24.9 Å². The lowest BCUT2D eigenvalue weighted by atomic mass is 9.84. The molecule has 1 aromatic heterocycles. The largest absolute Gasteiger partial charge is 0.326 e. The molecule has 0 radical (unpaired) electrons. The van der Waals surface area contributed by atoms with Crippen molar-refractivity contribution in [2.24, 2.45) is 0 Å². The average molecular weight is 430 g/mol. The van der Waals surface area contributed by atoms with Crippen LogP contribution in [-0.4, -0.2) is 45.2 Å². The minimum atomic E-state index is -0.941. The van der Waals surface area contributed by atoms with Crippen LogP contribution in [0.1, 0.15) is 36.0 Å². The maximum atomic E-state index is 13.6. The van der Waals surface area contributed by atoms with Gasteiger partial charge in [0.25, 0.3) is 5.91 Å². The molecule has 1 aliphatic carbocycles. The van der Waals surface area contributed by atoms with E-state index in [9.17, 15) is 9.59 Å². The van der Waals surface area contributed by atoms with Gasteiger partial charge in [-0.1, -0.05) is 42.5 Å². The lowest BCUT2D eigenvalue weighted by Crippen LogP contribution is -2.45. The number of hydrogen-bond donors (Lipinski definition) is 1. The lowest BCUT2D eigenvalue weighted by Gasteiger charge is -2.28. The number of nitrogens with one attached hydrogen (secondary N) is 1. The third-order valence-corrected chi connectivity index (χ3v) is 6.39. The highest BCUT2D eigenvalue weighted by Gasteiger charge is 2.53.